The Kier molecular flexibility index (Phi) is 2.16. The van der Waals surface area contributed by atoms with Gasteiger partial charge in [0.25, 0.3) is 0 Å². The highest BCUT2D eigenvalue weighted by molar-refractivity contribution is 7.16. The van der Waals surface area contributed by atoms with Gasteiger partial charge < -0.3 is 6.15 Å². The van der Waals surface area contributed by atoms with Crippen LogP contribution in [0.25, 0.3) is 10.2 Å². The second kappa shape index (κ2) is 2.94. The Balaban J connectivity index is 0.000000605. The molecule has 58 valence electrons. The van der Waals surface area contributed by atoms with Crippen molar-refractivity contribution in [1.82, 2.24) is 11.1 Å². The zero-order valence-electron chi connectivity index (χ0n) is 5.75. The summed E-state index contributed by atoms with van der Waals surface area (Å²) in [7, 11) is 0. The van der Waals surface area contributed by atoms with E-state index in [4.69, 9.17) is 0 Å². The molecular formula is C7H7FN2S. The van der Waals surface area contributed by atoms with Gasteiger partial charge in [-0.3, -0.25) is 0 Å². The largest absolute Gasteiger partial charge is 0.344 e. The van der Waals surface area contributed by atoms with Gasteiger partial charge in [0.2, 0.25) is 0 Å². The lowest BCUT2D eigenvalue weighted by atomic mass is 10.3. The topological polar surface area (TPSA) is 47.9 Å². The molecule has 4 heteroatoms. The van der Waals surface area contributed by atoms with Crippen LogP contribution in [0.3, 0.4) is 0 Å². The third kappa shape index (κ3) is 1.36. The van der Waals surface area contributed by atoms with E-state index in [2.05, 4.69) is 4.98 Å². The fraction of sp³-hybridized carbons (Fsp3) is 0. The summed E-state index contributed by atoms with van der Waals surface area (Å²) in [6, 6.07) is 4.59. The number of hydrogen-bond donors (Lipinski definition) is 1. The molecule has 2 aromatic rings. The predicted molar refractivity (Wildman–Crippen MR) is 44.6 cm³/mol. The van der Waals surface area contributed by atoms with Crippen molar-refractivity contribution >= 4 is 21.6 Å². The lowest BCUT2D eigenvalue weighted by molar-refractivity contribution is 0.630. The summed E-state index contributed by atoms with van der Waals surface area (Å²) < 4.78 is 13.4. The molecule has 0 amide bonds. The van der Waals surface area contributed by atoms with Gasteiger partial charge in [-0.15, -0.1) is 11.3 Å². The number of thiazole rings is 1. The van der Waals surface area contributed by atoms with Crippen LogP contribution < -0.4 is 6.15 Å². The van der Waals surface area contributed by atoms with Crippen LogP contribution in [0.1, 0.15) is 0 Å². The Morgan fingerprint density at radius 3 is 3.00 bits per heavy atom. The summed E-state index contributed by atoms with van der Waals surface area (Å²) >= 11 is 1.45. The first kappa shape index (κ1) is 8.10. The molecule has 0 bridgehead atoms. The highest BCUT2D eigenvalue weighted by atomic mass is 32.1. The lowest BCUT2D eigenvalue weighted by Crippen LogP contribution is -1.70. The van der Waals surface area contributed by atoms with Gasteiger partial charge >= 0.3 is 0 Å². The number of aromatic nitrogens is 1. The average Bonchev–Trinajstić information content (AvgIpc) is 2.33. The van der Waals surface area contributed by atoms with E-state index >= 15 is 0 Å². The van der Waals surface area contributed by atoms with Crippen molar-refractivity contribution < 1.29 is 4.39 Å². The van der Waals surface area contributed by atoms with Crippen LogP contribution in [0, 0.1) is 5.82 Å². The average molecular weight is 170 g/mol. The van der Waals surface area contributed by atoms with Crippen LogP contribution in [0.2, 0.25) is 0 Å². The molecule has 0 aliphatic rings. The Morgan fingerprint density at radius 1 is 1.36 bits per heavy atom. The SMILES string of the molecule is Fc1ccc2ncsc2c1.N. The monoisotopic (exact) mass is 170 g/mol. The molecule has 1 aromatic heterocycles. The highest BCUT2D eigenvalue weighted by Gasteiger charge is 1.95. The molecule has 0 spiro atoms. The van der Waals surface area contributed by atoms with Crippen LogP contribution in [-0.2, 0) is 0 Å². The Morgan fingerprint density at radius 2 is 2.18 bits per heavy atom. The minimum Gasteiger partial charge on any atom is -0.344 e. The van der Waals surface area contributed by atoms with Gasteiger partial charge in [0.1, 0.15) is 5.82 Å². The van der Waals surface area contributed by atoms with E-state index in [-0.39, 0.29) is 12.0 Å². The number of nitrogens with zero attached hydrogens (tertiary/aromatic N) is 1. The summed E-state index contributed by atoms with van der Waals surface area (Å²) in [5, 5.41) is 0. The summed E-state index contributed by atoms with van der Waals surface area (Å²) in [4.78, 5) is 4.01. The van der Waals surface area contributed by atoms with Crippen molar-refractivity contribution in [3.63, 3.8) is 0 Å². The van der Waals surface area contributed by atoms with Crippen molar-refractivity contribution in [2.24, 2.45) is 0 Å². The molecule has 0 atom stereocenters. The first-order valence-corrected chi connectivity index (χ1v) is 3.73. The summed E-state index contributed by atoms with van der Waals surface area (Å²) in [5.41, 5.74) is 2.58. The summed E-state index contributed by atoms with van der Waals surface area (Å²) in [6.07, 6.45) is 0. The minimum absolute atomic E-state index is 0. The standard InChI is InChI=1S/C7H4FNS.H3N/c8-5-1-2-6-7(3-5)10-4-9-6;/h1-4H;1H3. The fourth-order valence-electron chi connectivity index (χ4n) is 0.829. The van der Waals surface area contributed by atoms with Gasteiger partial charge in [-0.1, -0.05) is 0 Å². The Hall–Kier alpha value is -1.00. The number of fused-ring (bicyclic) bond motifs is 1. The van der Waals surface area contributed by atoms with Crippen LogP contribution in [0.15, 0.2) is 23.7 Å². The van der Waals surface area contributed by atoms with Gasteiger partial charge in [-0.05, 0) is 18.2 Å². The molecule has 0 unspecified atom stereocenters. The Bertz CT molecular complexity index is 358. The molecule has 0 saturated carbocycles. The van der Waals surface area contributed by atoms with Gasteiger partial charge in [-0.2, -0.15) is 0 Å². The summed E-state index contributed by atoms with van der Waals surface area (Å²) in [5.74, 6) is -0.197. The first-order chi connectivity index (χ1) is 4.86. The van der Waals surface area contributed by atoms with E-state index in [0.717, 1.165) is 10.2 Å². The van der Waals surface area contributed by atoms with Crippen LogP contribution in [0.5, 0.6) is 0 Å². The van der Waals surface area contributed by atoms with Crippen LogP contribution in [0.4, 0.5) is 4.39 Å². The highest BCUT2D eigenvalue weighted by Crippen LogP contribution is 2.17. The maximum absolute atomic E-state index is 12.5. The molecule has 0 aliphatic heterocycles. The molecule has 1 heterocycles. The van der Waals surface area contributed by atoms with Crippen molar-refractivity contribution in [2.45, 2.75) is 0 Å². The normalized spacial score (nSPS) is 9.55. The maximum atomic E-state index is 12.5. The number of halogens is 1. The second-order valence-corrected chi connectivity index (χ2v) is 2.85. The molecule has 1 aromatic carbocycles. The number of hydrogen-bond acceptors (Lipinski definition) is 3. The van der Waals surface area contributed by atoms with Crippen LogP contribution in [-0.4, -0.2) is 4.98 Å². The third-order valence-electron chi connectivity index (χ3n) is 1.29. The van der Waals surface area contributed by atoms with Gasteiger partial charge in [-0.25, -0.2) is 9.37 Å². The van der Waals surface area contributed by atoms with E-state index in [9.17, 15) is 4.39 Å². The second-order valence-electron chi connectivity index (χ2n) is 1.96. The molecule has 11 heavy (non-hydrogen) atoms. The van der Waals surface area contributed by atoms with Crippen LogP contribution >= 0.6 is 11.3 Å². The predicted octanol–water partition coefficient (Wildman–Crippen LogP) is 2.60. The fourth-order valence-corrected chi connectivity index (χ4v) is 1.53. The maximum Gasteiger partial charge on any atom is 0.124 e. The number of rotatable bonds is 0. The van der Waals surface area contributed by atoms with E-state index in [0.29, 0.717) is 0 Å². The van der Waals surface area contributed by atoms with Crippen molar-refractivity contribution in [3.8, 4) is 0 Å². The third-order valence-corrected chi connectivity index (χ3v) is 2.09. The molecule has 0 radical (unpaired) electrons. The van der Waals surface area contributed by atoms with Crippen molar-refractivity contribution in [3.05, 3.63) is 29.5 Å². The van der Waals surface area contributed by atoms with E-state index in [1.54, 1.807) is 11.6 Å². The molecule has 0 saturated heterocycles. The summed E-state index contributed by atoms with van der Waals surface area (Å²) in [6.45, 7) is 0. The van der Waals surface area contributed by atoms with Gasteiger partial charge in [0, 0.05) is 0 Å². The van der Waals surface area contributed by atoms with E-state index < -0.39 is 0 Å². The molecule has 2 nitrogen and oxygen atoms in total. The minimum atomic E-state index is -0.197. The quantitative estimate of drug-likeness (QED) is 0.660. The van der Waals surface area contributed by atoms with Gasteiger partial charge in [0.15, 0.2) is 0 Å². The first-order valence-electron chi connectivity index (χ1n) is 2.85. The molecular weight excluding hydrogens is 163 g/mol. The lowest BCUT2D eigenvalue weighted by Gasteiger charge is -1.85. The molecule has 3 N–H and O–H groups in total. The zero-order chi connectivity index (χ0) is 6.97. The number of benzene rings is 1. The molecule has 0 aliphatic carbocycles. The molecule has 2 rings (SSSR count). The Labute approximate surface area is 67.3 Å². The van der Waals surface area contributed by atoms with Crippen molar-refractivity contribution in [1.29, 1.82) is 0 Å². The van der Waals surface area contributed by atoms with E-state index in [1.807, 2.05) is 0 Å². The van der Waals surface area contributed by atoms with Crippen molar-refractivity contribution in [2.75, 3.05) is 0 Å². The molecule has 0 fully saturated rings. The van der Waals surface area contributed by atoms with E-state index in [1.165, 1.54) is 23.5 Å². The zero-order valence-corrected chi connectivity index (χ0v) is 6.57. The van der Waals surface area contributed by atoms with Gasteiger partial charge in [0.05, 0.1) is 15.7 Å². The smallest absolute Gasteiger partial charge is 0.124 e.